The zero-order valence-corrected chi connectivity index (χ0v) is 13.2. The summed E-state index contributed by atoms with van der Waals surface area (Å²) in [7, 11) is 0. The molecule has 0 aliphatic heterocycles. The maximum atomic E-state index is 6.00. The van der Waals surface area contributed by atoms with E-state index in [2.05, 4.69) is 52.5 Å². The molecule has 0 saturated heterocycles. The van der Waals surface area contributed by atoms with E-state index in [0.29, 0.717) is 5.65 Å². The van der Waals surface area contributed by atoms with Crippen LogP contribution in [0.3, 0.4) is 0 Å². The molecule has 2 heterocycles. The zero-order valence-electron chi connectivity index (χ0n) is 13.2. The zero-order chi connectivity index (χ0) is 15.2. The van der Waals surface area contributed by atoms with Crippen LogP contribution in [0.1, 0.15) is 27.7 Å². The fourth-order valence-electron chi connectivity index (χ4n) is 2.19. The Bertz CT molecular complexity index is 611. The molecule has 0 fully saturated rings. The van der Waals surface area contributed by atoms with Gasteiger partial charge >= 0.3 is 6.02 Å². The molecule has 114 valence electrons. The second kappa shape index (κ2) is 7.01. The average molecular weight is 291 g/mol. The third kappa shape index (κ3) is 3.12. The normalized spacial score (nSPS) is 10.7. The van der Waals surface area contributed by atoms with E-state index >= 15 is 0 Å². The highest BCUT2D eigenvalue weighted by Crippen LogP contribution is 2.05. The van der Waals surface area contributed by atoms with Crippen LogP contribution >= 0.6 is 0 Å². The van der Waals surface area contributed by atoms with Gasteiger partial charge in [0.25, 0.3) is 0 Å². The van der Waals surface area contributed by atoms with Gasteiger partial charge in [0.05, 0.1) is 26.2 Å². The minimum atomic E-state index is 0.620. The van der Waals surface area contributed by atoms with Crippen molar-refractivity contribution in [3.8, 4) is 0 Å². The topological polar surface area (TPSA) is 59.1 Å². The molecule has 0 saturated carbocycles. The Kier molecular flexibility index (Phi) is 5.08. The molecule has 0 unspecified atom stereocenters. The van der Waals surface area contributed by atoms with E-state index in [1.54, 1.807) is 6.20 Å². The second-order valence-electron chi connectivity index (χ2n) is 4.53. The molecule has 0 aromatic carbocycles. The lowest BCUT2D eigenvalue weighted by atomic mass is 10.4. The quantitative estimate of drug-likeness (QED) is 0.467. The number of hydrogen-bond acceptors (Lipinski definition) is 4. The lowest BCUT2D eigenvalue weighted by Gasteiger charge is -2.17. The van der Waals surface area contributed by atoms with E-state index in [0.717, 1.165) is 37.7 Å². The van der Waals surface area contributed by atoms with Crippen LogP contribution in [0.2, 0.25) is 0 Å². The van der Waals surface area contributed by atoms with Gasteiger partial charge in [-0.05, 0) is 49.9 Å². The standard InChI is InChI=1S/C14H23N6O/c1-5-18(6-2)14(19(7-3)8-4)21-20-13-12(16-17-20)10-9-11-15-13/h9-11H,5-8H2,1-4H3/q+1. The Hall–Kier alpha value is -2.18. The molecule has 0 aliphatic carbocycles. The van der Waals surface area contributed by atoms with Crippen LogP contribution in [0.25, 0.3) is 11.2 Å². The summed E-state index contributed by atoms with van der Waals surface area (Å²) in [5.74, 6) is 0. The van der Waals surface area contributed by atoms with Crippen molar-refractivity contribution in [3.63, 3.8) is 0 Å². The highest BCUT2D eigenvalue weighted by atomic mass is 16.7. The Morgan fingerprint density at radius 2 is 1.95 bits per heavy atom. The summed E-state index contributed by atoms with van der Waals surface area (Å²) in [6, 6.07) is 4.48. The summed E-state index contributed by atoms with van der Waals surface area (Å²) >= 11 is 0. The van der Waals surface area contributed by atoms with Gasteiger partial charge in [-0.25, -0.2) is 14.5 Å². The van der Waals surface area contributed by atoms with Gasteiger partial charge < -0.3 is 0 Å². The van der Waals surface area contributed by atoms with Crippen molar-refractivity contribution in [1.29, 1.82) is 0 Å². The average Bonchev–Trinajstić information content (AvgIpc) is 2.93. The van der Waals surface area contributed by atoms with Crippen LogP contribution in [0.15, 0.2) is 18.3 Å². The number of fused-ring (bicyclic) bond motifs is 1. The molecule has 0 spiro atoms. The molecule has 2 aromatic rings. The molecular formula is C14H23N6O+. The molecule has 0 radical (unpaired) electrons. The first-order valence-corrected chi connectivity index (χ1v) is 7.46. The first-order chi connectivity index (χ1) is 10.2. The van der Waals surface area contributed by atoms with Gasteiger partial charge in [-0.2, -0.15) is 0 Å². The van der Waals surface area contributed by atoms with Gasteiger partial charge in [-0.1, -0.05) is 0 Å². The first-order valence-electron chi connectivity index (χ1n) is 7.46. The smallest absolute Gasteiger partial charge is 0.277 e. The third-order valence-corrected chi connectivity index (χ3v) is 3.42. The molecular weight excluding hydrogens is 268 g/mol. The highest BCUT2D eigenvalue weighted by molar-refractivity contribution is 5.72. The molecule has 0 atom stereocenters. The molecule has 2 rings (SSSR count). The van der Waals surface area contributed by atoms with Crippen molar-refractivity contribution in [2.45, 2.75) is 27.7 Å². The number of rotatable bonds is 5. The summed E-state index contributed by atoms with van der Waals surface area (Å²) in [6.45, 7) is 11.9. The number of hydrogen-bond donors (Lipinski definition) is 0. The molecule has 21 heavy (non-hydrogen) atoms. The first kappa shape index (κ1) is 15.2. The van der Waals surface area contributed by atoms with Crippen LogP contribution in [0.5, 0.6) is 0 Å². The number of pyridine rings is 1. The van der Waals surface area contributed by atoms with Gasteiger partial charge in [0.15, 0.2) is 0 Å². The largest absolute Gasteiger partial charge is 0.472 e. The van der Waals surface area contributed by atoms with Gasteiger partial charge in [0.1, 0.15) is 5.52 Å². The van der Waals surface area contributed by atoms with Crippen LogP contribution in [-0.4, -0.2) is 61.8 Å². The molecule has 7 nitrogen and oxygen atoms in total. The van der Waals surface area contributed by atoms with Crippen molar-refractivity contribution in [1.82, 2.24) is 25.0 Å². The van der Waals surface area contributed by atoms with E-state index < -0.39 is 0 Å². The van der Waals surface area contributed by atoms with Crippen LogP contribution < -0.4 is 4.84 Å². The minimum absolute atomic E-state index is 0.620. The highest BCUT2D eigenvalue weighted by Gasteiger charge is 2.24. The Morgan fingerprint density at radius 3 is 2.57 bits per heavy atom. The van der Waals surface area contributed by atoms with Gasteiger partial charge in [0.2, 0.25) is 5.65 Å². The summed E-state index contributed by atoms with van der Waals surface area (Å²) in [5.41, 5.74) is 1.34. The van der Waals surface area contributed by atoms with E-state index in [9.17, 15) is 0 Å². The van der Waals surface area contributed by atoms with Gasteiger partial charge in [-0.15, -0.1) is 5.10 Å². The number of amidine groups is 1. The molecule has 0 bridgehead atoms. The van der Waals surface area contributed by atoms with Gasteiger partial charge in [-0.3, -0.25) is 4.84 Å². The third-order valence-electron chi connectivity index (χ3n) is 3.42. The Morgan fingerprint density at radius 1 is 1.24 bits per heavy atom. The Labute approximate surface area is 124 Å². The molecule has 0 amide bonds. The van der Waals surface area contributed by atoms with E-state index in [-0.39, 0.29) is 0 Å². The summed E-state index contributed by atoms with van der Waals surface area (Å²) in [6.07, 6.45) is 1.71. The molecule has 7 heteroatoms. The second-order valence-corrected chi connectivity index (χ2v) is 4.53. The maximum Gasteiger partial charge on any atom is 0.472 e. The van der Waals surface area contributed by atoms with Crippen molar-refractivity contribution in [2.75, 3.05) is 26.2 Å². The molecule has 0 aliphatic rings. The maximum absolute atomic E-state index is 6.00. The lowest BCUT2D eigenvalue weighted by Crippen LogP contribution is -2.45. The van der Waals surface area contributed by atoms with Crippen LogP contribution in [-0.2, 0) is 0 Å². The monoisotopic (exact) mass is 291 g/mol. The fraction of sp³-hybridized carbons (Fsp3) is 0.571. The number of aromatic nitrogens is 4. The van der Waals surface area contributed by atoms with Crippen LogP contribution in [0.4, 0.5) is 0 Å². The number of nitrogens with zero attached hydrogens (tertiary/aromatic N) is 6. The summed E-state index contributed by atoms with van der Waals surface area (Å²) < 4.78 is 2.16. The van der Waals surface area contributed by atoms with Crippen molar-refractivity contribution in [3.05, 3.63) is 18.3 Å². The predicted molar refractivity (Wildman–Crippen MR) is 81.2 cm³/mol. The van der Waals surface area contributed by atoms with Crippen molar-refractivity contribution in [2.24, 2.45) is 0 Å². The SMILES string of the molecule is CCN(CC)C(On1nnc2cccnc21)=[N+](CC)CC. The molecule has 2 aromatic heterocycles. The van der Waals surface area contributed by atoms with Gasteiger partial charge in [0, 0.05) is 6.20 Å². The molecule has 0 N–H and O–H groups in total. The van der Waals surface area contributed by atoms with Crippen LogP contribution in [0, 0.1) is 0 Å². The van der Waals surface area contributed by atoms with E-state index in [1.807, 2.05) is 12.1 Å². The van der Waals surface area contributed by atoms with E-state index in [1.165, 1.54) is 4.85 Å². The Balaban J connectivity index is 2.41. The van der Waals surface area contributed by atoms with Crippen molar-refractivity contribution < 1.29 is 9.41 Å². The predicted octanol–water partition coefficient (Wildman–Crippen LogP) is 1.00. The van der Waals surface area contributed by atoms with E-state index in [4.69, 9.17) is 4.84 Å². The minimum Gasteiger partial charge on any atom is -0.277 e. The fourth-order valence-corrected chi connectivity index (χ4v) is 2.19. The summed E-state index contributed by atoms with van der Waals surface area (Å²) in [4.78, 5) is 13.8. The van der Waals surface area contributed by atoms with Crippen molar-refractivity contribution >= 4 is 17.2 Å². The lowest BCUT2D eigenvalue weighted by molar-refractivity contribution is -0.535. The summed E-state index contributed by atoms with van der Waals surface area (Å²) in [5, 5.41) is 8.11.